The van der Waals surface area contributed by atoms with E-state index < -0.39 is 0 Å². The molecule has 0 nitrogen and oxygen atoms in total. The Balaban J connectivity index is 0. The van der Waals surface area contributed by atoms with E-state index in [1.165, 1.54) is 0 Å². The third-order valence-corrected chi connectivity index (χ3v) is 0. The Morgan fingerprint density at radius 1 is 0.429 bits per heavy atom. The fourth-order valence-corrected chi connectivity index (χ4v) is 0. The maximum absolute atomic E-state index is 0. The van der Waals surface area contributed by atoms with Crippen LogP contribution in [0.25, 0.3) is 0 Å². The average Bonchev–Trinajstić information content (AvgIpc) is 0. The first-order chi connectivity index (χ1) is 0. The Kier molecular flexibility index (Phi) is 436. The van der Waals surface area contributed by atoms with Crippen LogP contribution < -0.4 is 131 Å². The van der Waals surface area contributed by atoms with E-state index in [0.717, 1.165) is 0 Å². The van der Waals surface area contributed by atoms with Crippen molar-refractivity contribution in [2.45, 2.75) is 0 Å². The molecule has 0 saturated heterocycles. The molecule has 0 aromatic heterocycles. The summed E-state index contributed by atoms with van der Waals surface area (Å²) in [6.07, 6.45) is 0. The van der Waals surface area contributed by atoms with E-state index >= 15 is 0 Å². The summed E-state index contributed by atoms with van der Waals surface area (Å²) in [4.78, 5) is 0. The molecule has 0 aromatic rings. The average molecular weight is 489 g/mol. The van der Waals surface area contributed by atoms with E-state index in [-0.39, 0.29) is 157 Å². The van der Waals surface area contributed by atoms with Gasteiger partial charge in [-0.05, 0) is 0 Å². The Bertz CT molecular complexity index is 8.04. The summed E-state index contributed by atoms with van der Waals surface area (Å²) in [7, 11) is 0. The summed E-state index contributed by atoms with van der Waals surface area (Å²) in [5.41, 5.74) is 0. The summed E-state index contributed by atoms with van der Waals surface area (Å²) in [5.74, 6) is 0. The number of hydrogen-bond acceptors (Lipinski definition) is 0. The van der Waals surface area contributed by atoms with Crippen molar-refractivity contribution in [2.75, 3.05) is 0 Å². The molecule has 0 radical (unpaired) electrons. The topological polar surface area (TPSA) is 0 Å². The summed E-state index contributed by atoms with van der Waals surface area (Å²) >= 11 is 0. The van der Waals surface area contributed by atoms with Gasteiger partial charge >= 0.3 is 94.7 Å². The SMILES string of the molecule is [Cl-].[Cl-].[Cl-].[Cl-].[Cl-].[Cs+].[Hf+4]. The van der Waals surface area contributed by atoms with Crippen LogP contribution in [-0.2, 0) is 25.8 Å². The van der Waals surface area contributed by atoms with Gasteiger partial charge in [0.1, 0.15) is 0 Å². The van der Waals surface area contributed by atoms with E-state index in [9.17, 15) is 0 Å². The minimum absolute atomic E-state index is 0. The van der Waals surface area contributed by atoms with Crippen molar-refractivity contribution >= 4 is 0 Å². The van der Waals surface area contributed by atoms with Crippen LogP contribution in [0.1, 0.15) is 0 Å². The first-order valence-corrected chi connectivity index (χ1v) is 0. The molecule has 0 amide bonds. The van der Waals surface area contributed by atoms with Crippen LogP contribution >= 0.6 is 0 Å². The number of hydrogen-bond donors (Lipinski definition) is 0. The standard InChI is InChI=1S/5ClH.Cs.Hf/h5*1H;;/q;;;;;+1;+4/p-5. The van der Waals surface area contributed by atoms with Gasteiger partial charge in [-0.3, -0.25) is 0 Å². The van der Waals surface area contributed by atoms with Gasteiger partial charge in [-0.1, -0.05) is 0 Å². The largest absolute Gasteiger partial charge is 4.00 e. The van der Waals surface area contributed by atoms with Crippen molar-refractivity contribution in [3.05, 3.63) is 0 Å². The van der Waals surface area contributed by atoms with Crippen molar-refractivity contribution in [1.82, 2.24) is 0 Å². The van der Waals surface area contributed by atoms with Gasteiger partial charge in [0.05, 0.1) is 0 Å². The van der Waals surface area contributed by atoms with E-state index in [1.807, 2.05) is 0 Å². The molecule has 0 atom stereocenters. The molecule has 0 aliphatic rings. The third-order valence-electron chi connectivity index (χ3n) is 0. The van der Waals surface area contributed by atoms with E-state index in [0.29, 0.717) is 0 Å². The Morgan fingerprint density at radius 3 is 0.429 bits per heavy atom. The van der Waals surface area contributed by atoms with Crippen molar-refractivity contribution in [3.8, 4) is 0 Å². The van der Waals surface area contributed by atoms with E-state index in [4.69, 9.17) is 0 Å². The zero-order valence-electron chi connectivity index (χ0n) is 3.39. The second kappa shape index (κ2) is 47.7. The van der Waals surface area contributed by atoms with Crippen LogP contribution in [0.5, 0.6) is 0 Å². The molecule has 0 N–H and O–H groups in total. The van der Waals surface area contributed by atoms with E-state index in [1.54, 1.807) is 0 Å². The predicted octanol–water partition coefficient (Wildman–Crippen LogP) is -18.0. The Hall–Kier alpha value is 4.37. The fourth-order valence-electron chi connectivity index (χ4n) is 0. The molecule has 0 aliphatic heterocycles. The fraction of sp³-hybridized carbons (Fsp3) is 0. The van der Waals surface area contributed by atoms with Crippen molar-refractivity contribution in [1.29, 1.82) is 0 Å². The molecule has 40 valence electrons. The van der Waals surface area contributed by atoms with Crippen molar-refractivity contribution in [2.24, 2.45) is 0 Å². The molecule has 0 fully saturated rings. The first-order valence-electron chi connectivity index (χ1n) is 0. The molecule has 0 bridgehead atoms. The monoisotopic (exact) mass is 488 g/mol. The summed E-state index contributed by atoms with van der Waals surface area (Å²) in [5, 5.41) is 0. The number of rotatable bonds is 0. The van der Waals surface area contributed by atoms with Crippen LogP contribution in [0.15, 0.2) is 0 Å². The minimum Gasteiger partial charge on any atom is -1.00 e. The summed E-state index contributed by atoms with van der Waals surface area (Å²) in [6, 6.07) is 0. The molecule has 7 heteroatoms. The molecule has 0 aliphatic carbocycles. The molecule has 0 heterocycles. The van der Waals surface area contributed by atoms with Crippen LogP contribution in [0, 0.1) is 0 Å². The van der Waals surface area contributed by atoms with Gasteiger partial charge in [-0.15, -0.1) is 0 Å². The quantitative estimate of drug-likeness (QED) is 0.297. The smallest absolute Gasteiger partial charge is 1.00 e. The van der Waals surface area contributed by atoms with Crippen LogP contribution in [0.2, 0.25) is 0 Å². The van der Waals surface area contributed by atoms with Gasteiger partial charge < -0.3 is 62.0 Å². The third kappa shape index (κ3) is 38.0. The Labute approximate surface area is 152 Å². The van der Waals surface area contributed by atoms with Gasteiger partial charge in [0.2, 0.25) is 0 Å². The molecule has 7 heavy (non-hydrogen) atoms. The second-order valence-corrected chi connectivity index (χ2v) is 0. The van der Waals surface area contributed by atoms with Crippen molar-refractivity contribution in [3.63, 3.8) is 0 Å². The number of halogens is 5. The summed E-state index contributed by atoms with van der Waals surface area (Å²) in [6.45, 7) is 0. The molecular formula is Cl5CsHf. The van der Waals surface area contributed by atoms with Crippen molar-refractivity contribution < 1.29 is 157 Å². The molecular weight excluding hydrogens is 489 g/mol. The minimum atomic E-state index is 0. The predicted molar refractivity (Wildman–Crippen MR) is 0 cm³/mol. The van der Waals surface area contributed by atoms with Crippen LogP contribution in [0.4, 0.5) is 0 Å². The summed E-state index contributed by atoms with van der Waals surface area (Å²) < 4.78 is 0. The van der Waals surface area contributed by atoms with Gasteiger partial charge in [-0.2, -0.15) is 0 Å². The maximum atomic E-state index is 0. The molecule has 0 spiro atoms. The van der Waals surface area contributed by atoms with Crippen LogP contribution in [0.3, 0.4) is 0 Å². The van der Waals surface area contributed by atoms with Gasteiger partial charge in [0.15, 0.2) is 0 Å². The van der Waals surface area contributed by atoms with Gasteiger partial charge in [0.25, 0.3) is 0 Å². The van der Waals surface area contributed by atoms with Crippen LogP contribution in [-0.4, -0.2) is 0 Å². The maximum Gasteiger partial charge on any atom is 4.00 e. The Morgan fingerprint density at radius 2 is 0.429 bits per heavy atom. The van der Waals surface area contributed by atoms with Gasteiger partial charge in [-0.25, -0.2) is 0 Å². The van der Waals surface area contributed by atoms with Gasteiger partial charge in [0, 0.05) is 0 Å². The molecule has 0 aromatic carbocycles. The second-order valence-electron chi connectivity index (χ2n) is 0. The normalized spacial score (nSPS) is 0. The zero-order chi connectivity index (χ0) is 0. The van der Waals surface area contributed by atoms with E-state index in [2.05, 4.69) is 0 Å². The zero-order valence-corrected chi connectivity index (χ0v) is 17.0. The molecule has 0 rings (SSSR count). The molecule has 0 saturated carbocycles. The molecule has 0 unspecified atom stereocenters. The first kappa shape index (κ1) is 64.0.